The van der Waals surface area contributed by atoms with Crippen molar-refractivity contribution in [3.63, 3.8) is 0 Å². The Kier molecular flexibility index (Phi) is 3.60. The van der Waals surface area contributed by atoms with Crippen LogP contribution in [-0.2, 0) is 6.54 Å². The molecule has 0 aliphatic carbocycles. The highest BCUT2D eigenvalue weighted by Crippen LogP contribution is 2.15. The highest BCUT2D eigenvalue weighted by atomic mass is 32.1. The molecule has 6 heteroatoms. The molecule has 0 saturated heterocycles. The van der Waals surface area contributed by atoms with Gasteiger partial charge in [0, 0.05) is 21.6 Å². The van der Waals surface area contributed by atoms with Gasteiger partial charge in [0.15, 0.2) is 6.20 Å². The fourth-order valence-electron chi connectivity index (χ4n) is 1.38. The van der Waals surface area contributed by atoms with Crippen LogP contribution >= 0.6 is 23.3 Å². The number of aromatic nitrogens is 4. The summed E-state index contributed by atoms with van der Waals surface area (Å²) in [6, 6.07) is 0. The van der Waals surface area contributed by atoms with Crippen LogP contribution in [0, 0.1) is 0 Å². The number of hydrogen-bond donors (Lipinski definition) is 0. The van der Waals surface area contributed by atoms with Crippen LogP contribution in [0.25, 0.3) is 0 Å². The first kappa shape index (κ1) is 11.6. The van der Waals surface area contributed by atoms with Crippen LogP contribution in [-0.4, -0.2) is 14.0 Å². The first-order chi connectivity index (χ1) is 7.66. The molecule has 0 bridgehead atoms. The van der Waals surface area contributed by atoms with Crippen molar-refractivity contribution in [2.75, 3.05) is 0 Å². The van der Waals surface area contributed by atoms with Gasteiger partial charge in [-0.3, -0.25) is 0 Å². The predicted molar refractivity (Wildman–Crippen MR) is 64.7 cm³/mol. The van der Waals surface area contributed by atoms with Gasteiger partial charge in [0.25, 0.3) is 11.7 Å². The Morgan fingerprint density at radius 1 is 1.31 bits per heavy atom. The van der Waals surface area contributed by atoms with E-state index in [0.717, 1.165) is 17.9 Å². The molecule has 1 atom stereocenters. The minimum Gasteiger partial charge on any atom is -0.175 e. The molecule has 0 saturated carbocycles. The van der Waals surface area contributed by atoms with Gasteiger partial charge >= 0.3 is 0 Å². The lowest BCUT2D eigenvalue weighted by atomic mass is 10.1. The van der Waals surface area contributed by atoms with E-state index in [2.05, 4.69) is 44.9 Å². The maximum absolute atomic E-state index is 4.42. The summed E-state index contributed by atoms with van der Waals surface area (Å²) in [4.78, 5) is 0. The molecule has 0 radical (unpaired) electrons. The standard InChI is InChI=1S/C10H15N4S2/c1-7(2)9-5-14(16-12-9)4-8(3)10-6-15-13-11-10/h5-8H,4H2,1-3H3/q+1. The molecule has 2 heterocycles. The summed E-state index contributed by atoms with van der Waals surface area (Å²) in [5.74, 6) is 0.887. The zero-order valence-corrected chi connectivity index (χ0v) is 11.3. The molecule has 86 valence electrons. The average Bonchev–Trinajstić information content (AvgIpc) is 2.87. The highest BCUT2D eigenvalue weighted by molar-refractivity contribution is 7.03. The lowest BCUT2D eigenvalue weighted by Gasteiger charge is -2.02. The van der Waals surface area contributed by atoms with Gasteiger partial charge in [-0.2, -0.15) is 3.96 Å². The molecule has 0 spiro atoms. The molecule has 2 rings (SSSR count). The van der Waals surface area contributed by atoms with Crippen LogP contribution in [0.5, 0.6) is 0 Å². The van der Waals surface area contributed by atoms with Crippen molar-refractivity contribution >= 4 is 23.3 Å². The number of rotatable bonds is 4. The van der Waals surface area contributed by atoms with Gasteiger partial charge in [-0.15, -0.1) is 5.10 Å². The Morgan fingerprint density at radius 3 is 2.69 bits per heavy atom. The number of nitrogens with zero attached hydrogens (tertiary/aromatic N) is 4. The summed E-state index contributed by atoms with van der Waals surface area (Å²) in [6.07, 6.45) is 2.13. The van der Waals surface area contributed by atoms with Gasteiger partial charge in [-0.1, -0.05) is 25.3 Å². The Morgan fingerprint density at radius 2 is 2.12 bits per heavy atom. The van der Waals surface area contributed by atoms with E-state index in [1.165, 1.54) is 23.3 Å². The molecule has 2 aromatic rings. The number of hydrogen-bond acceptors (Lipinski definition) is 5. The summed E-state index contributed by atoms with van der Waals surface area (Å²) in [5.41, 5.74) is 2.23. The second-order valence-corrected chi connectivity index (χ2v) is 5.64. The van der Waals surface area contributed by atoms with Crippen LogP contribution in [0.1, 0.15) is 44.0 Å². The van der Waals surface area contributed by atoms with E-state index in [1.54, 1.807) is 0 Å². The van der Waals surface area contributed by atoms with Gasteiger partial charge in [0.05, 0.1) is 5.69 Å². The van der Waals surface area contributed by atoms with E-state index in [9.17, 15) is 0 Å². The van der Waals surface area contributed by atoms with Crippen LogP contribution < -0.4 is 3.96 Å². The fraction of sp³-hybridized carbons (Fsp3) is 0.600. The minimum atomic E-state index is 0.393. The maximum Gasteiger partial charge on any atom is 0.277 e. The second-order valence-electron chi connectivity index (χ2n) is 4.21. The topological polar surface area (TPSA) is 42.5 Å². The SMILES string of the molecule is CC(C)c1c[n+](CC(C)c2csnn2)sn1. The third kappa shape index (κ3) is 2.62. The van der Waals surface area contributed by atoms with Crippen molar-refractivity contribution in [1.82, 2.24) is 14.0 Å². The van der Waals surface area contributed by atoms with Crippen LogP contribution in [0.15, 0.2) is 11.6 Å². The average molecular weight is 255 g/mol. The zero-order chi connectivity index (χ0) is 11.5. The van der Waals surface area contributed by atoms with E-state index in [4.69, 9.17) is 0 Å². The molecule has 0 aromatic carbocycles. The van der Waals surface area contributed by atoms with Crippen molar-refractivity contribution in [2.24, 2.45) is 0 Å². The summed E-state index contributed by atoms with van der Waals surface area (Å²) in [7, 11) is 0. The molecule has 0 aliphatic heterocycles. The van der Waals surface area contributed by atoms with Crippen LogP contribution in [0.4, 0.5) is 0 Å². The maximum atomic E-state index is 4.42. The Bertz CT molecular complexity index is 435. The molecule has 16 heavy (non-hydrogen) atoms. The predicted octanol–water partition coefficient (Wildman–Crippen LogP) is 2.21. The van der Waals surface area contributed by atoms with E-state index in [0.29, 0.717) is 11.8 Å². The Labute approximate surface area is 103 Å². The minimum absolute atomic E-state index is 0.393. The molecular weight excluding hydrogens is 240 g/mol. The Hall–Kier alpha value is -0.880. The van der Waals surface area contributed by atoms with Crippen LogP contribution in [0.3, 0.4) is 0 Å². The van der Waals surface area contributed by atoms with Crippen molar-refractivity contribution in [3.8, 4) is 0 Å². The monoisotopic (exact) mass is 255 g/mol. The third-order valence-corrected chi connectivity index (χ3v) is 3.73. The molecule has 4 nitrogen and oxygen atoms in total. The molecule has 0 N–H and O–H groups in total. The van der Waals surface area contributed by atoms with Gasteiger partial charge in [0.2, 0.25) is 5.69 Å². The molecule has 1 unspecified atom stereocenters. The van der Waals surface area contributed by atoms with Gasteiger partial charge in [0.1, 0.15) is 6.54 Å². The summed E-state index contributed by atoms with van der Waals surface area (Å²) in [5, 5.41) is 6.10. The van der Waals surface area contributed by atoms with Gasteiger partial charge in [-0.25, -0.2) is 0 Å². The van der Waals surface area contributed by atoms with E-state index in [1.807, 2.05) is 5.38 Å². The summed E-state index contributed by atoms with van der Waals surface area (Å²) < 4.78 is 10.5. The second kappa shape index (κ2) is 4.97. The quantitative estimate of drug-likeness (QED) is 0.787. The van der Waals surface area contributed by atoms with E-state index in [-0.39, 0.29) is 0 Å². The molecule has 2 aromatic heterocycles. The smallest absolute Gasteiger partial charge is 0.175 e. The van der Waals surface area contributed by atoms with E-state index < -0.39 is 0 Å². The first-order valence-electron chi connectivity index (χ1n) is 5.30. The fourth-order valence-corrected chi connectivity index (χ4v) is 2.86. The Balaban J connectivity index is 2.03. The lowest BCUT2D eigenvalue weighted by molar-refractivity contribution is -0.632. The van der Waals surface area contributed by atoms with Crippen molar-refractivity contribution in [2.45, 2.75) is 39.2 Å². The molecule has 0 amide bonds. The zero-order valence-electron chi connectivity index (χ0n) is 9.62. The van der Waals surface area contributed by atoms with Gasteiger partial charge < -0.3 is 0 Å². The summed E-state index contributed by atoms with van der Waals surface area (Å²) in [6.45, 7) is 7.41. The normalized spacial score (nSPS) is 13.2. The molecular formula is C10H15N4S2+. The van der Waals surface area contributed by atoms with Crippen molar-refractivity contribution in [3.05, 3.63) is 23.0 Å². The third-order valence-electron chi connectivity index (χ3n) is 2.45. The summed E-state index contributed by atoms with van der Waals surface area (Å²) >= 11 is 2.93. The lowest BCUT2D eigenvalue weighted by Crippen LogP contribution is -2.31. The molecule has 0 aliphatic rings. The highest BCUT2D eigenvalue weighted by Gasteiger charge is 2.17. The largest absolute Gasteiger partial charge is 0.277 e. The van der Waals surface area contributed by atoms with Crippen molar-refractivity contribution in [1.29, 1.82) is 0 Å². The van der Waals surface area contributed by atoms with Gasteiger partial charge in [-0.05, 0) is 11.5 Å². The first-order valence-corrected chi connectivity index (χ1v) is 6.87. The van der Waals surface area contributed by atoms with Crippen LogP contribution in [0.2, 0.25) is 0 Å². The van der Waals surface area contributed by atoms with E-state index >= 15 is 0 Å². The molecule has 0 fully saturated rings. The van der Waals surface area contributed by atoms with Crippen molar-refractivity contribution < 1.29 is 3.96 Å².